The molecule has 152 valence electrons. The Morgan fingerprint density at radius 2 is 2.13 bits per heavy atom. The molecule has 0 saturated heterocycles. The second-order valence-electron chi connectivity index (χ2n) is 6.31. The normalized spacial score (nSPS) is 10.8. The van der Waals surface area contributed by atoms with Crippen LogP contribution in [-0.2, 0) is 11.3 Å². The predicted molar refractivity (Wildman–Crippen MR) is 120 cm³/mol. The molecule has 0 fully saturated rings. The van der Waals surface area contributed by atoms with Crippen molar-refractivity contribution in [3.8, 4) is 5.75 Å². The van der Waals surface area contributed by atoms with Crippen LogP contribution >= 0.6 is 23.1 Å². The molecule has 0 aliphatic carbocycles. The average Bonchev–Trinajstić information content (AvgIpc) is 3.24. The van der Waals surface area contributed by atoms with Gasteiger partial charge in [0.25, 0.3) is 5.56 Å². The highest BCUT2D eigenvalue weighted by Crippen LogP contribution is 2.22. The zero-order chi connectivity index (χ0) is 20.9. The molecule has 0 aliphatic heterocycles. The molecule has 0 unspecified atom stereocenters. The molecule has 30 heavy (non-hydrogen) atoms. The highest BCUT2D eigenvalue weighted by atomic mass is 32.2. The third kappa shape index (κ3) is 4.52. The largest absolute Gasteiger partial charge is 0.497 e. The van der Waals surface area contributed by atoms with Crippen LogP contribution in [0.1, 0.15) is 5.69 Å². The summed E-state index contributed by atoms with van der Waals surface area (Å²) >= 11 is 2.58. The van der Waals surface area contributed by atoms with Gasteiger partial charge in [-0.3, -0.25) is 19.1 Å². The fourth-order valence-electron chi connectivity index (χ4n) is 2.85. The number of benzene rings is 1. The highest BCUT2D eigenvalue weighted by Gasteiger charge is 2.15. The standard InChI is InChI=1S/C21H18N4O3S2/c1-28-16-7-4-6-14(11-16)23-18(26)13-30-21-24-17-8-10-29-19(17)20(27)25(21)12-15-5-2-3-9-22-15/h2-11H,12-13H2,1H3,(H,23,26). The number of aromatic nitrogens is 3. The van der Waals surface area contributed by atoms with Crippen molar-refractivity contribution in [3.05, 3.63) is 76.2 Å². The number of methoxy groups -OCH3 is 1. The molecule has 0 atom stereocenters. The van der Waals surface area contributed by atoms with Crippen molar-refractivity contribution in [2.75, 3.05) is 18.2 Å². The lowest BCUT2D eigenvalue weighted by Gasteiger charge is -2.12. The molecule has 3 heterocycles. The molecule has 7 nitrogen and oxygen atoms in total. The minimum Gasteiger partial charge on any atom is -0.497 e. The number of ether oxygens (including phenoxy) is 1. The molecular formula is C21H18N4O3S2. The minimum absolute atomic E-state index is 0.113. The van der Waals surface area contributed by atoms with E-state index in [-0.39, 0.29) is 17.2 Å². The van der Waals surface area contributed by atoms with E-state index in [1.54, 1.807) is 42.1 Å². The van der Waals surface area contributed by atoms with Gasteiger partial charge in [-0.05, 0) is 35.7 Å². The molecule has 1 N–H and O–H groups in total. The lowest BCUT2D eigenvalue weighted by atomic mass is 10.3. The second kappa shape index (κ2) is 9.10. The number of pyridine rings is 1. The van der Waals surface area contributed by atoms with Crippen molar-refractivity contribution in [2.24, 2.45) is 0 Å². The number of carbonyl (C=O) groups is 1. The van der Waals surface area contributed by atoms with Crippen molar-refractivity contribution >= 4 is 44.9 Å². The molecule has 9 heteroatoms. The first-order chi connectivity index (χ1) is 14.6. The maximum absolute atomic E-state index is 13.0. The van der Waals surface area contributed by atoms with Gasteiger partial charge >= 0.3 is 0 Å². The number of nitrogens with zero attached hydrogens (tertiary/aromatic N) is 3. The summed E-state index contributed by atoms with van der Waals surface area (Å²) in [5, 5.41) is 5.16. The summed E-state index contributed by atoms with van der Waals surface area (Å²) in [4.78, 5) is 34.4. The molecule has 0 spiro atoms. The number of carbonyl (C=O) groups excluding carboxylic acids is 1. The van der Waals surface area contributed by atoms with Crippen LogP contribution in [-0.4, -0.2) is 33.3 Å². The Labute approximate surface area is 180 Å². The first-order valence-electron chi connectivity index (χ1n) is 9.08. The topological polar surface area (TPSA) is 86.1 Å². The van der Waals surface area contributed by atoms with Crippen LogP contribution in [0.15, 0.2) is 70.1 Å². The van der Waals surface area contributed by atoms with Gasteiger partial charge in [-0.25, -0.2) is 4.98 Å². The Morgan fingerprint density at radius 1 is 1.23 bits per heavy atom. The summed E-state index contributed by atoms with van der Waals surface area (Å²) in [7, 11) is 1.57. The molecule has 1 amide bonds. The number of hydrogen-bond donors (Lipinski definition) is 1. The lowest BCUT2D eigenvalue weighted by molar-refractivity contribution is -0.113. The van der Waals surface area contributed by atoms with Crippen LogP contribution in [0.25, 0.3) is 10.2 Å². The van der Waals surface area contributed by atoms with Crippen LogP contribution in [0.2, 0.25) is 0 Å². The third-order valence-electron chi connectivity index (χ3n) is 4.26. The van der Waals surface area contributed by atoms with Crippen molar-refractivity contribution < 1.29 is 9.53 Å². The van der Waals surface area contributed by atoms with Gasteiger partial charge in [-0.1, -0.05) is 23.9 Å². The lowest BCUT2D eigenvalue weighted by Crippen LogP contribution is -2.24. The van der Waals surface area contributed by atoms with E-state index in [0.29, 0.717) is 33.4 Å². The molecule has 0 aliphatic rings. The Kier molecular flexibility index (Phi) is 6.10. The van der Waals surface area contributed by atoms with E-state index in [9.17, 15) is 9.59 Å². The number of rotatable bonds is 7. The monoisotopic (exact) mass is 438 g/mol. The van der Waals surface area contributed by atoms with Gasteiger partial charge in [-0.15, -0.1) is 11.3 Å². The summed E-state index contributed by atoms with van der Waals surface area (Å²) in [6.07, 6.45) is 1.69. The summed E-state index contributed by atoms with van der Waals surface area (Å²) < 4.78 is 7.34. The number of thiophene rings is 1. The zero-order valence-corrected chi connectivity index (χ0v) is 17.7. The Hall–Kier alpha value is -3.17. The van der Waals surface area contributed by atoms with E-state index in [4.69, 9.17) is 4.74 Å². The summed E-state index contributed by atoms with van der Waals surface area (Å²) in [5.74, 6) is 0.577. The number of fused-ring (bicyclic) bond motifs is 1. The van der Waals surface area contributed by atoms with E-state index in [1.165, 1.54) is 23.1 Å². The summed E-state index contributed by atoms with van der Waals surface area (Å²) in [5.41, 5.74) is 1.90. The van der Waals surface area contributed by atoms with Crippen LogP contribution in [0.3, 0.4) is 0 Å². The number of hydrogen-bond acceptors (Lipinski definition) is 7. The molecule has 0 saturated carbocycles. The number of thioether (sulfide) groups is 1. The number of amides is 1. The van der Waals surface area contributed by atoms with Gasteiger partial charge in [0.2, 0.25) is 5.91 Å². The molecular weight excluding hydrogens is 420 g/mol. The van der Waals surface area contributed by atoms with Crippen LogP contribution in [0, 0.1) is 0 Å². The van der Waals surface area contributed by atoms with E-state index < -0.39 is 0 Å². The fraction of sp³-hybridized carbons (Fsp3) is 0.143. The molecule has 4 rings (SSSR count). The average molecular weight is 439 g/mol. The fourth-order valence-corrected chi connectivity index (χ4v) is 4.43. The quantitative estimate of drug-likeness (QED) is 0.350. The Balaban J connectivity index is 1.56. The molecule has 1 aromatic carbocycles. The van der Waals surface area contributed by atoms with E-state index in [0.717, 1.165) is 5.69 Å². The van der Waals surface area contributed by atoms with Crippen LogP contribution in [0.4, 0.5) is 5.69 Å². The van der Waals surface area contributed by atoms with E-state index >= 15 is 0 Å². The van der Waals surface area contributed by atoms with Gasteiger partial charge < -0.3 is 10.1 Å². The predicted octanol–water partition coefficient (Wildman–Crippen LogP) is 3.64. The molecule has 0 radical (unpaired) electrons. The zero-order valence-electron chi connectivity index (χ0n) is 16.1. The van der Waals surface area contributed by atoms with Crippen molar-refractivity contribution in [3.63, 3.8) is 0 Å². The number of anilines is 1. The third-order valence-corrected chi connectivity index (χ3v) is 6.13. The van der Waals surface area contributed by atoms with Gasteiger partial charge in [0.15, 0.2) is 5.16 Å². The minimum atomic E-state index is -0.197. The van der Waals surface area contributed by atoms with Crippen molar-refractivity contribution in [1.29, 1.82) is 0 Å². The SMILES string of the molecule is COc1cccc(NC(=O)CSc2nc3ccsc3c(=O)n2Cc2ccccn2)c1. The highest BCUT2D eigenvalue weighted by molar-refractivity contribution is 7.99. The van der Waals surface area contributed by atoms with Gasteiger partial charge in [-0.2, -0.15) is 0 Å². The van der Waals surface area contributed by atoms with Crippen LogP contribution in [0.5, 0.6) is 5.75 Å². The maximum Gasteiger partial charge on any atom is 0.272 e. The smallest absolute Gasteiger partial charge is 0.272 e. The molecule has 0 bridgehead atoms. The van der Waals surface area contributed by atoms with Crippen LogP contribution < -0.4 is 15.6 Å². The van der Waals surface area contributed by atoms with Gasteiger partial charge in [0, 0.05) is 18.0 Å². The molecule has 4 aromatic rings. The van der Waals surface area contributed by atoms with Crippen molar-refractivity contribution in [2.45, 2.75) is 11.7 Å². The maximum atomic E-state index is 13.0. The first-order valence-corrected chi connectivity index (χ1v) is 11.0. The summed E-state index contributed by atoms with van der Waals surface area (Å²) in [6.45, 7) is 0.292. The first kappa shape index (κ1) is 20.1. The Morgan fingerprint density at radius 3 is 2.93 bits per heavy atom. The Bertz CT molecular complexity index is 1240. The van der Waals surface area contributed by atoms with Gasteiger partial charge in [0.1, 0.15) is 10.4 Å². The van der Waals surface area contributed by atoms with E-state index in [2.05, 4.69) is 15.3 Å². The summed E-state index contributed by atoms with van der Waals surface area (Å²) in [6, 6.07) is 14.5. The second-order valence-corrected chi connectivity index (χ2v) is 8.17. The molecule has 3 aromatic heterocycles. The van der Waals surface area contributed by atoms with Gasteiger partial charge in [0.05, 0.1) is 30.6 Å². The van der Waals surface area contributed by atoms with E-state index in [1.807, 2.05) is 29.6 Å². The van der Waals surface area contributed by atoms with Crippen molar-refractivity contribution in [1.82, 2.24) is 14.5 Å². The number of nitrogens with one attached hydrogen (secondary N) is 1.